The zero-order chi connectivity index (χ0) is 4.41. The molecular formula is C4H4NOV-. The van der Waals surface area contributed by atoms with Crippen molar-refractivity contribution < 1.29 is 23.0 Å². The Labute approximate surface area is 53.8 Å². The molecule has 1 rings (SSSR count). The molecule has 0 bridgehead atoms. The van der Waals surface area contributed by atoms with E-state index in [1.54, 1.807) is 6.26 Å². The molecule has 0 aliphatic heterocycles. The van der Waals surface area contributed by atoms with Crippen molar-refractivity contribution in [1.82, 2.24) is 4.98 Å². The summed E-state index contributed by atoms with van der Waals surface area (Å²) in [6.07, 6.45) is 3.85. The molecule has 3 heteroatoms. The summed E-state index contributed by atoms with van der Waals surface area (Å²) in [7, 11) is 0. The Morgan fingerprint density at radius 3 is 2.71 bits per heavy atom. The molecule has 0 aromatic carbocycles. The molecule has 0 spiro atoms. The van der Waals surface area contributed by atoms with Gasteiger partial charge in [0.05, 0.1) is 0 Å². The zero-order valence-corrected chi connectivity index (χ0v) is 5.28. The van der Waals surface area contributed by atoms with Crippen molar-refractivity contribution in [2.75, 3.05) is 0 Å². The Balaban J connectivity index is 0.000000360. The summed E-state index contributed by atoms with van der Waals surface area (Å²) in [5, 5.41) is 0. The van der Waals surface area contributed by atoms with Gasteiger partial charge >= 0.3 is 0 Å². The fourth-order valence-corrected chi connectivity index (χ4v) is 0.236. The van der Waals surface area contributed by atoms with Gasteiger partial charge in [-0.05, 0) is 6.26 Å². The minimum absolute atomic E-state index is 0. The van der Waals surface area contributed by atoms with Crippen molar-refractivity contribution in [2.45, 2.75) is 6.92 Å². The predicted octanol–water partition coefficient (Wildman–Crippen LogP) is 0.781. The fourth-order valence-electron chi connectivity index (χ4n) is 0.236. The minimum Gasteiger partial charge on any atom is -0.581 e. The molecule has 7 heavy (non-hydrogen) atoms. The second-order valence-corrected chi connectivity index (χ2v) is 1.08. The zero-order valence-electron chi connectivity index (χ0n) is 3.88. The van der Waals surface area contributed by atoms with Gasteiger partial charge in [-0.2, -0.15) is 0 Å². The first kappa shape index (κ1) is 6.79. The number of nitrogens with zero attached hydrogens (tertiary/aromatic N) is 1. The molecule has 0 aliphatic carbocycles. The number of hydrogen-bond donors (Lipinski definition) is 0. The van der Waals surface area contributed by atoms with E-state index in [4.69, 9.17) is 0 Å². The largest absolute Gasteiger partial charge is 0.581 e. The van der Waals surface area contributed by atoms with Crippen LogP contribution in [0, 0.1) is 13.3 Å². The maximum Gasteiger partial charge on any atom is 0.102 e. The van der Waals surface area contributed by atoms with E-state index in [1.165, 1.54) is 0 Å². The first-order valence-corrected chi connectivity index (χ1v) is 1.68. The van der Waals surface area contributed by atoms with Crippen LogP contribution in [0.15, 0.2) is 10.7 Å². The number of aryl methyl sites for hydroxylation is 1. The molecule has 1 aromatic heterocycles. The van der Waals surface area contributed by atoms with Crippen LogP contribution in [0.2, 0.25) is 0 Å². The molecule has 0 atom stereocenters. The van der Waals surface area contributed by atoms with Gasteiger partial charge in [0.25, 0.3) is 0 Å². The van der Waals surface area contributed by atoms with Gasteiger partial charge in [0, 0.05) is 18.6 Å². The van der Waals surface area contributed by atoms with Gasteiger partial charge in [-0.3, -0.25) is 0 Å². The first-order valence-electron chi connectivity index (χ1n) is 1.68. The van der Waals surface area contributed by atoms with Gasteiger partial charge < -0.3 is 9.40 Å². The van der Waals surface area contributed by atoms with Crippen LogP contribution in [-0.2, 0) is 18.6 Å². The third-order valence-electron chi connectivity index (χ3n) is 0.504. The van der Waals surface area contributed by atoms with Crippen LogP contribution in [0.25, 0.3) is 0 Å². The summed E-state index contributed by atoms with van der Waals surface area (Å²) in [6.45, 7) is 1.85. The number of aromatic nitrogens is 1. The fraction of sp³-hybridized carbons (Fsp3) is 0.250. The standard InChI is InChI=1S/C4H4NO.V/c1-4-2-6-3-5-4;/h2H,1H3;/q-1;. The normalized spacial score (nSPS) is 7.57. The van der Waals surface area contributed by atoms with E-state index < -0.39 is 0 Å². The second-order valence-electron chi connectivity index (χ2n) is 1.08. The molecular weight excluding hydrogens is 129 g/mol. The Kier molecular flexibility index (Phi) is 2.80. The summed E-state index contributed by atoms with van der Waals surface area (Å²) in [5.41, 5.74) is 0.870. The molecule has 0 aliphatic rings. The average molecular weight is 133 g/mol. The number of oxazole rings is 1. The molecule has 0 fully saturated rings. The van der Waals surface area contributed by atoms with Crippen LogP contribution in [0.4, 0.5) is 0 Å². The van der Waals surface area contributed by atoms with Crippen molar-refractivity contribution >= 4 is 0 Å². The summed E-state index contributed by atoms with van der Waals surface area (Å²) >= 11 is 0. The topological polar surface area (TPSA) is 26.0 Å². The molecule has 0 unspecified atom stereocenters. The van der Waals surface area contributed by atoms with Crippen molar-refractivity contribution in [2.24, 2.45) is 0 Å². The summed E-state index contributed by atoms with van der Waals surface area (Å²) in [4.78, 5) is 3.62. The molecule has 0 amide bonds. The van der Waals surface area contributed by atoms with Crippen LogP contribution in [0.1, 0.15) is 5.69 Å². The summed E-state index contributed by atoms with van der Waals surface area (Å²) in [6, 6.07) is 0. The Morgan fingerprint density at radius 1 is 1.86 bits per heavy atom. The molecule has 37 valence electrons. The van der Waals surface area contributed by atoms with E-state index in [0.717, 1.165) is 5.69 Å². The number of rotatable bonds is 0. The van der Waals surface area contributed by atoms with E-state index >= 15 is 0 Å². The summed E-state index contributed by atoms with van der Waals surface area (Å²) in [5.74, 6) is 0. The van der Waals surface area contributed by atoms with Crippen LogP contribution in [0.3, 0.4) is 0 Å². The molecule has 2 nitrogen and oxygen atoms in total. The maximum atomic E-state index is 4.48. The van der Waals surface area contributed by atoms with E-state index in [9.17, 15) is 0 Å². The maximum absolute atomic E-state index is 4.48. The molecule has 0 saturated carbocycles. The van der Waals surface area contributed by atoms with Gasteiger partial charge in [-0.1, -0.05) is 12.6 Å². The van der Waals surface area contributed by atoms with E-state index in [0.29, 0.717) is 0 Å². The second kappa shape index (κ2) is 2.89. The number of hydrogen-bond acceptors (Lipinski definition) is 2. The first-order chi connectivity index (χ1) is 2.89. The van der Waals surface area contributed by atoms with Crippen LogP contribution < -0.4 is 0 Å². The molecule has 1 radical (unpaired) electrons. The van der Waals surface area contributed by atoms with E-state index in [2.05, 4.69) is 15.8 Å². The van der Waals surface area contributed by atoms with Crippen LogP contribution in [0.5, 0.6) is 0 Å². The van der Waals surface area contributed by atoms with E-state index in [-0.39, 0.29) is 18.6 Å². The van der Waals surface area contributed by atoms with Crippen LogP contribution >= 0.6 is 0 Å². The van der Waals surface area contributed by atoms with Crippen molar-refractivity contribution in [3.8, 4) is 0 Å². The third-order valence-corrected chi connectivity index (χ3v) is 0.504. The monoisotopic (exact) mass is 133 g/mol. The smallest absolute Gasteiger partial charge is 0.102 e. The van der Waals surface area contributed by atoms with Gasteiger partial charge in [-0.15, -0.1) is 0 Å². The van der Waals surface area contributed by atoms with Gasteiger partial charge in [0.15, 0.2) is 0 Å². The van der Waals surface area contributed by atoms with Crippen molar-refractivity contribution in [1.29, 1.82) is 0 Å². The average Bonchev–Trinajstić information content (AvgIpc) is 1.86. The summed E-state index contributed by atoms with van der Waals surface area (Å²) < 4.78 is 4.48. The minimum atomic E-state index is 0. The third kappa shape index (κ3) is 1.81. The van der Waals surface area contributed by atoms with Gasteiger partial charge in [0.2, 0.25) is 0 Å². The molecule has 1 aromatic rings. The molecule has 0 N–H and O–H groups in total. The van der Waals surface area contributed by atoms with Gasteiger partial charge in [-0.25, -0.2) is 0 Å². The Bertz CT molecular complexity index is 115. The van der Waals surface area contributed by atoms with Crippen molar-refractivity contribution in [3.05, 3.63) is 18.4 Å². The quantitative estimate of drug-likeness (QED) is 0.489. The molecule has 1 heterocycles. The predicted molar refractivity (Wildman–Crippen MR) is 20.1 cm³/mol. The Hall–Kier alpha value is -0.206. The van der Waals surface area contributed by atoms with Gasteiger partial charge in [0.1, 0.15) is 6.39 Å². The van der Waals surface area contributed by atoms with Crippen molar-refractivity contribution in [3.63, 3.8) is 0 Å². The SMILES string of the molecule is Cc1co[c-]n1.[V]. The van der Waals surface area contributed by atoms with E-state index in [1.807, 2.05) is 6.92 Å². The Morgan fingerprint density at radius 2 is 2.57 bits per heavy atom. The van der Waals surface area contributed by atoms with Crippen LogP contribution in [-0.4, -0.2) is 4.98 Å². The molecule has 0 saturated heterocycles.